The summed E-state index contributed by atoms with van der Waals surface area (Å²) in [6, 6.07) is 21.5. The van der Waals surface area contributed by atoms with Crippen LogP contribution in [0.15, 0.2) is 76.8 Å². The molecule has 0 saturated carbocycles. The first-order valence-corrected chi connectivity index (χ1v) is 13.4. The number of hydrogen-bond acceptors (Lipinski definition) is 5. The molecule has 8 heteroatoms. The summed E-state index contributed by atoms with van der Waals surface area (Å²) >= 11 is 7.39. The highest BCUT2D eigenvalue weighted by Crippen LogP contribution is 2.39. The van der Waals surface area contributed by atoms with Gasteiger partial charge in [-0.3, -0.25) is 9.59 Å². The fourth-order valence-corrected chi connectivity index (χ4v) is 5.63. The molecular formula is C29H27ClN4O2S. The van der Waals surface area contributed by atoms with Crippen molar-refractivity contribution in [3.05, 3.63) is 99.6 Å². The maximum absolute atomic E-state index is 12.8. The van der Waals surface area contributed by atoms with Gasteiger partial charge in [-0.2, -0.15) is 10.1 Å². The van der Waals surface area contributed by atoms with Crippen LogP contribution in [0.4, 0.5) is 5.69 Å². The standard InChI is InChI=1S/C29H27ClN4O2S/c1-17-5-4-6-21(13-17)25-15-24(20-8-10-22(30)11-9-20)33-34(25)29-32-28(36)26(37-29)16-27(35)31-23-12-7-18(2)19(3)14-23/h4-14,25-26H,15-16H2,1-3H3,(H,31,35)/t25-,26-/m0/s1. The van der Waals surface area contributed by atoms with E-state index in [9.17, 15) is 9.59 Å². The van der Waals surface area contributed by atoms with Crippen LogP contribution in [0, 0.1) is 20.8 Å². The average Bonchev–Trinajstić information content (AvgIpc) is 3.46. The van der Waals surface area contributed by atoms with Crippen molar-refractivity contribution in [3.8, 4) is 0 Å². The second-order valence-electron chi connectivity index (χ2n) is 9.42. The van der Waals surface area contributed by atoms with Gasteiger partial charge in [0.1, 0.15) is 5.25 Å². The molecule has 3 aromatic rings. The molecule has 0 unspecified atom stereocenters. The van der Waals surface area contributed by atoms with Gasteiger partial charge in [0.05, 0.1) is 11.8 Å². The minimum Gasteiger partial charge on any atom is -0.326 e. The van der Waals surface area contributed by atoms with Crippen LogP contribution >= 0.6 is 23.4 Å². The van der Waals surface area contributed by atoms with E-state index in [-0.39, 0.29) is 24.3 Å². The molecule has 37 heavy (non-hydrogen) atoms. The summed E-state index contributed by atoms with van der Waals surface area (Å²) in [5, 5.41) is 10.2. The van der Waals surface area contributed by atoms with Gasteiger partial charge in [-0.25, -0.2) is 5.01 Å². The quantitative estimate of drug-likeness (QED) is 0.411. The highest BCUT2D eigenvalue weighted by atomic mass is 35.5. The van der Waals surface area contributed by atoms with E-state index in [1.807, 2.05) is 67.4 Å². The number of rotatable bonds is 5. The van der Waals surface area contributed by atoms with E-state index in [1.165, 1.54) is 11.8 Å². The summed E-state index contributed by atoms with van der Waals surface area (Å²) in [5.41, 5.74) is 7.10. The molecule has 3 aromatic carbocycles. The van der Waals surface area contributed by atoms with Gasteiger partial charge in [0.15, 0.2) is 5.17 Å². The van der Waals surface area contributed by atoms with E-state index in [0.29, 0.717) is 16.6 Å². The average molecular weight is 531 g/mol. The largest absolute Gasteiger partial charge is 0.326 e. The molecule has 0 aromatic heterocycles. The third-order valence-electron chi connectivity index (χ3n) is 6.60. The molecule has 2 atom stereocenters. The van der Waals surface area contributed by atoms with Crippen LogP contribution in [0.5, 0.6) is 0 Å². The van der Waals surface area contributed by atoms with E-state index in [0.717, 1.165) is 39.2 Å². The first-order chi connectivity index (χ1) is 17.8. The number of aliphatic imine (C=N–C) groups is 1. The third kappa shape index (κ3) is 5.63. The van der Waals surface area contributed by atoms with E-state index >= 15 is 0 Å². The summed E-state index contributed by atoms with van der Waals surface area (Å²) in [5.74, 6) is -0.527. The zero-order valence-electron chi connectivity index (χ0n) is 20.9. The second-order valence-corrected chi connectivity index (χ2v) is 11.0. The molecular weight excluding hydrogens is 504 g/mol. The number of halogens is 1. The first-order valence-electron chi connectivity index (χ1n) is 12.1. The molecule has 2 aliphatic heterocycles. The van der Waals surface area contributed by atoms with Gasteiger partial charge >= 0.3 is 0 Å². The molecule has 6 nitrogen and oxygen atoms in total. The number of amides is 2. The Bertz CT molecular complexity index is 1430. The maximum Gasteiger partial charge on any atom is 0.262 e. The van der Waals surface area contributed by atoms with Crippen LogP contribution < -0.4 is 5.32 Å². The zero-order valence-corrected chi connectivity index (χ0v) is 22.4. The van der Waals surface area contributed by atoms with Crippen molar-refractivity contribution in [3.63, 3.8) is 0 Å². The van der Waals surface area contributed by atoms with Crippen molar-refractivity contribution in [1.82, 2.24) is 5.01 Å². The Balaban J connectivity index is 1.35. The number of nitrogens with zero attached hydrogens (tertiary/aromatic N) is 3. The van der Waals surface area contributed by atoms with Gasteiger partial charge in [0.2, 0.25) is 5.91 Å². The molecule has 2 heterocycles. The Labute approximate surface area is 225 Å². The molecule has 0 spiro atoms. The third-order valence-corrected chi connectivity index (χ3v) is 8.00. The summed E-state index contributed by atoms with van der Waals surface area (Å²) < 4.78 is 0. The van der Waals surface area contributed by atoms with Crippen molar-refractivity contribution in [2.24, 2.45) is 10.1 Å². The lowest BCUT2D eigenvalue weighted by Gasteiger charge is -2.23. The molecule has 1 N–H and O–H groups in total. The molecule has 2 aliphatic rings. The molecule has 2 amide bonds. The van der Waals surface area contributed by atoms with E-state index in [1.54, 1.807) is 0 Å². The number of nitrogens with one attached hydrogen (secondary N) is 1. The number of hydrazone groups is 1. The van der Waals surface area contributed by atoms with E-state index in [2.05, 4.69) is 35.4 Å². The van der Waals surface area contributed by atoms with Crippen LogP contribution in [0.3, 0.4) is 0 Å². The number of hydrogen-bond donors (Lipinski definition) is 1. The van der Waals surface area contributed by atoms with Crippen molar-refractivity contribution < 1.29 is 9.59 Å². The number of thioether (sulfide) groups is 1. The van der Waals surface area contributed by atoms with E-state index in [4.69, 9.17) is 16.7 Å². The molecule has 188 valence electrons. The van der Waals surface area contributed by atoms with E-state index < -0.39 is 5.25 Å². The number of carbonyl (C=O) groups excluding carboxylic acids is 2. The van der Waals surface area contributed by atoms with Crippen molar-refractivity contribution in [2.75, 3.05) is 5.32 Å². The SMILES string of the molecule is Cc1cccc([C@@H]2CC(c3ccc(Cl)cc3)=NN2C2=NC(=O)[C@H](CC(=O)Nc3ccc(C)c(C)c3)S2)c1. The van der Waals surface area contributed by atoms with Crippen molar-refractivity contribution in [1.29, 1.82) is 0 Å². The van der Waals surface area contributed by atoms with Crippen molar-refractivity contribution in [2.45, 2.75) is 44.9 Å². The van der Waals surface area contributed by atoms with Crippen LogP contribution in [0.2, 0.25) is 5.02 Å². The van der Waals surface area contributed by atoms with Gasteiger partial charge in [-0.1, -0.05) is 71.4 Å². The van der Waals surface area contributed by atoms with Gasteiger partial charge in [0.25, 0.3) is 5.91 Å². The van der Waals surface area contributed by atoms with Gasteiger partial charge in [0, 0.05) is 23.6 Å². The zero-order chi connectivity index (χ0) is 26.1. The lowest BCUT2D eigenvalue weighted by Crippen LogP contribution is -2.25. The number of amidine groups is 1. The van der Waals surface area contributed by atoms with Gasteiger partial charge in [-0.05, 0) is 67.3 Å². The number of benzene rings is 3. The highest BCUT2D eigenvalue weighted by Gasteiger charge is 2.39. The monoisotopic (exact) mass is 530 g/mol. The molecule has 0 saturated heterocycles. The lowest BCUT2D eigenvalue weighted by atomic mass is 9.97. The van der Waals surface area contributed by atoms with Crippen LogP contribution in [0.1, 0.15) is 46.7 Å². The Kier molecular flexibility index (Phi) is 7.17. The Hall–Kier alpha value is -3.42. The maximum atomic E-state index is 12.8. The second kappa shape index (κ2) is 10.5. The minimum atomic E-state index is -0.588. The van der Waals surface area contributed by atoms with Crippen LogP contribution in [-0.2, 0) is 9.59 Å². The molecule has 5 rings (SSSR count). The molecule has 0 bridgehead atoms. The topological polar surface area (TPSA) is 74.1 Å². The van der Waals surface area contributed by atoms with Crippen molar-refractivity contribution >= 4 is 51.7 Å². The smallest absolute Gasteiger partial charge is 0.262 e. The molecule has 0 aliphatic carbocycles. The van der Waals surface area contributed by atoms with Crippen LogP contribution in [0.25, 0.3) is 0 Å². The summed E-state index contributed by atoms with van der Waals surface area (Å²) in [7, 11) is 0. The number of carbonyl (C=O) groups is 2. The van der Waals surface area contributed by atoms with Gasteiger partial charge < -0.3 is 5.32 Å². The predicted octanol–water partition coefficient (Wildman–Crippen LogP) is 6.44. The number of aryl methyl sites for hydroxylation is 3. The lowest BCUT2D eigenvalue weighted by molar-refractivity contribution is -0.121. The number of anilines is 1. The summed E-state index contributed by atoms with van der Waals surface area (Å²) in [6.07, 6.45) is 0.705. The molecule has 0 radical (unpaired) electrons. The Morgan fingerprint density at radius 3 is 2.57 bits per heavy atom. The normalized spacial score (nSPS) is 19.1. The molecule has 0 fully saturated rings. The fraction of sp³-hybridized carbons (Fsp3) is 0.241. The Morgan fingerprint density at radius 1 is 1.05 bits per heavy atom. The predicted molar refractivity (Wildman–Crippen MR) is 151 cm³/mol. The Morgan fingerprint density at radius 2 is 1.84 bits per heavy atom. The fourth-order valence-electron chi connectivity index (χ4n) is 4.44. The summed E-state index contributed by atoms with van der Waals surface area (Å²) in [4.78, 5) is 29.9. The first kappa shape index (κ1) is 25.2. The van der Waals surface area contributed by atoms with Crippen LogP contribution in [-0.4, -0.2) is 33.0 Å². The van der Waals surface area contributed by atoms with Gasteiger partial charge in [-0.15, -0.1) is 0 Å². The summed E-state index contributed by atoms with van der Waals surface area (Å²) in [6.45, 7) is 6.08. The highest BCUT2D eigenvalue weighted by molar-refractivity contribution is 8.15. The minimum absolute atomic E-state index is 0.0418.